The molecule has 0 unspecified atom stereocenters. The monoisotopic (exact) mass is 281 g/mol. The molecule has 0 radical (unpaired) electrons. The molecular weight excluding hydrogens is 276 g/mol. The average molecular weight is 282 g/mol. The average Bonchev–Trinajstić information content (AvgIpc) is 2.83. The largest absolute Gasteiger partial charge is 0.207 e. The summed E-state index contributed by atoms with van der Waals surface area (Å²) in [5.41, 5.74) is 0.195. The van der Waals surface area contributed by atoms with Crippen LogP contribution in [0.25, 0.3) is 10.6 Å². The van der Waals surface area contributed by atoms with Gasteiger partial charge in [0, 0.05) is 16.5 Å². The summed E-state index contributed by atoms with van der Waals surface area (Å²) < 4.78 is 26.4. The summed E-state index contributed by atoms with van der Waals surface area (Å²) in [4.78, 5) is 0.645. The number of allylic oxidation sites excluding steroid dienone is 1. The minimum absolute atomic E-state index is 0.0162. The highest BCUT2D eigenvalue weighted by molar-refractivity contribution is 7.11. The summed E-state index contributed by atoms with van der Waals surface area (Å²) in [6, 6.07) is 8.48. The van der Waals surface area contributed by atoms with Crippen LogP contribution in [-0.2, 0) is 0 Å². The first-order valence-electron chi connectivity index (χ1n) is 4.92. The first-order chi connectivity index (χ1) is 8.63. The molecule has 0 aliphatic rings. The van der Waals surface area contributed by atoms with Crippen molar-refractivity contribution >= 4 is 33.5 Å². The minimum Gasteiger partial charge on any atom is -0.207 e. The molecule has 1 heterocycles. The summed E-state index contributed by atoms with van der Waals surface area (Å²) >= 11 is 7.35. The summed E-state index contributed by atoms with van der Waals surface area (Å²) in [7, 11) is 0. The van der Waals surface area contributed by atoms with Crippen LogP contribution < -0.4 is 0 Å². The van der Waals surface area contributed by atoms with E-state index in [0.717, 1.165) is 12.1 Å². The van der Waals surface area contributed by atoms with Crippen LogP contribution in [0.15, 0.2) is 35.7 Å². The molecular formula is C13H6ClF2NS. The predicted molar refractivity (Wildman–Crippen MR) is 69.0 cm³/mol. The SMILES string of the molecule is N#CC(=C(Cl)c1ccc(F)cc1F)c1cccs1. The first-order valence-corrected chi connectivity index (χ1v) is 6.18. The number of hydrogen-bond donors (Lipinski definition) is 0. The van der Waals surface area contributed by atoms with Crippen molar-refractivity contribution in [3.8, 4) is 6.07 Å². The Morgan fingerprint density at radius 1 is 1.28 bits per heavy atom. The fourth-order valence-corrected chi connectivity index (χ4v) is 2.52. The summed E-state index contributed by atoms with van der Waals surface area (Å²) in [6.45, 7) is 0. The van der Waals surface area contributed by atoms with Crippen molar-refractivity contribution in [1.29, 1.82) is 5.26 Å². The molecule has 1 nitrogen and oxygen atoms in total. The molecule has 1 aromatic heterocycles. The topological polar surface area (TPSA) is 23.8 Å². The second-order valence-electron chi connectivity index (χ2n) is 3.40. The van der Waals surface area contributed by atoms with Crippen molar-refractivity contribution in [3.05, 3.63) is 57.8 Å². The highest BCUT2D eigenvalue weighted by atomic mass is 35.5. The van der Waals surface area contributed by atoms with Gasteiger partial charge in [-0.05, 0) is 23.6 Å². The van der Waals surface area contributed by atoms with Crippen LogP contribution in [0.4, 0.5) is 8.78 Å². The Hall–Kier alpha value is -1.70. The fourth-order valence-electron chi connectivity index (χ4n) is 1.44. The highest BCUT2D eigenvalue weighted by Crippen LogP contribution is 2.32. The molecule has 0 aliphatic heterocycles. The maximum Gasteiger partial charge on any atom is 0.134 e. The van der Waals surface area contributed by atoms with Gasteiger partial charge >= 0.3 is 0 Å². The zero-order valence-electron chi connectivity index (χ0n) is 8.95. The lowest BCUT2D eigenvalue weighted by Crippen LogP contribution is -1.90. The molecule has 0 saturated carbocycles. The van der Waals surface area contributed by atoms with E-state index in [1.807, 2.05) is 6.07 Å². The van der Waals surface area contributed by atoms with Crippen molar-refractivity contribution in [2.24, 2.45) is 0 Å². The lowest BCUT2D eigenvalue weighted by molar-refractivity contribution is 0.581. The van der Waals surface area contributed by atoms with Gasteiger partial charge in [-0.2, -0.15) is 5.26 Å². The van der Waals surface area contributed by atoms with Gasteiger partial charge in [0.15, 0.2) is 0 Å². The zero-order chi connectivity index (χ0) is 13.1. The maximum absolute atomic E-state index is 13.6. The van der Waals surface area contributed by atoms with E-state index in [2.05, 4.69) is 0 Å². The van der Waals surface area contributed by atoms with Crippen molar-refractivity contribution < 1.29 is 8.78 Å². The van der Waals surface area contributed by atoms with E-state index in [1.165, 1.54) is 17.4 Å². The highest BCUT2D eigenvalue weighted by Gasteiger charge is 2.14. The third kappa shape index (κ3) is 2.42. The van der Waals surface area contributed by atoms with Gasteiger partial charge in [0.2, 0.25) is 0 Å². The Morgan fingerprint density at radius 3 is 2.61 bits per heavy atom. The van der Waals surface area contributed by atoms with Gasteiger partial charge in [-0.15, -0.1) is 11.3 Å². The Labute approximate surface area is 112 Å². The standard InChI is InChI=1S/C13H6ClF2NS/c14-13(9-4-3-8(15)6-11(9)16)10(7-17)12-2-1-5-18-12/h1-6H. The second kappa shape index (κ2) is 5.30. The van der Waals surface area contributed by atoms with Crippen LogP contribution in [0.5, 0.6) is 0 Å². The van der Waals surface area contributed by atoms with Crippen molar-refractivity contribution in [3.63, 3.8) is 0 Å². The van der Waals surface area contributed by atoms with Gasteiger partial charge < -0.3 is 0 Å². The normalized spacial score (nSPS) is 11.9. The van der Waals surface area contributed by atoms with Crippen LogP contribution in [0.3, 0.4) is 0 Å². The van der Waals surface area contributed by atoms with Crippen LogP contribution >= 0.6 is 22.9 Å². The molecule has 5 heteroatoms. The second-order valence-corrected chi connectivity index (χ2v) is 4.73. The van der Waals surface area contributed by atoms with E-state index in [-0.39, 0.29) is 16.2 Å². The zero-order valence-corrected chi connectivity index (χ0v) is 10.5. The molecule has 2 rings (SSSR count). The molecule has 0 fully saturated rings. The third-order valence-electron chi connectivity index (χ3n) is 2.27. The quantitative estimate of drug-likeness (QED) is 0.735. The molecule has 0 bridgehead atoms. The van der Waals surface area contributed by atoms with Crippen LogP contribution in [0.1, 0.15) is 10.4 Å². The summed E-state index contributed by atoms with van der Waals surface area (Å²) in [5, 5.41) is 10.9. The Bertz CT molecular complexity index is 642. The van der Waals surface area contributed by atoms with E-state index >= 15 is 0 Å². The Kier molecular flexibility index (Phi) is 3.75. The summed E-state index contributed by atoms with van der Waals surface area (Å²) in [6.07, 6.45) is 0. The van der Waals surface area contributed by atoms with Crippen LogP contribution in [0, 0.1) is 23.0 Å². The fraction of sp³-hybridized carbons (Fsp3) is 0. The van der Waals surface area contributed by atoms with Gasteiger partial charge in [-0.3, -0.25) is 0 Å². The molecule has 18 heavy (non-hydrogen) atoms. The predicted octanol–water partition coefficient (Wildman–Crippen LogP) is 4.66. The number of halogens is 3. The molecule has 0 saturated heterocycles. The lowest BCUT2D eigenvalue weighted by atomic mass is 10.1. The number of benzene rings is 1. The molecule has 0 spiro atoms. The van der Waals surface area contributed by atoms with Gasteiger partial charge in [-0.1, -0.05) is 17.7 Å². The van der Waals surface area contributed by atoms with Gasteiger partial charge in [0.05, 0.1) is 10.6 Å². The molecule has 0 aliphatic carbocycles. The van der Waals surface area contributed by atoms with Crippen molar-refractivity contribution in [2.45, 2.75) is 0 Å². The minimum atomic E-state index is -0.788. The lowest BCUT2D eigenvalue weighted by Gasteiger charge is -2.04. The number of nitrogens with zero attached hydrogens (tertiary/aromatic N) is 1. The van der Waals surface area contributed by atoms with E-state index in [9.17, 15) is 8.78 Å². The van der Waals surface area contributed by atoms with E-state index in [1.54, 1.807) is 17.5 Å². The number of hydrogen-bond acceptors (Lipinski definition) is 2. The summed E-state index contributed by atoms with van der Waals surface area (Å²) in [5.74, 6) is -1.47. The molecule has 0 amide bonds. The number of rotatable bonds is 2. The maximum atomic E-state index is 13.6. The van der Waals surface area contributed by atoms with Gasteiger partial charge in [0.1, 0.15) is 17.7 Å². The third-order valence-corrected chi connectivity index (χ3v) is 3.55. The van der Waals surface area contributed by atoms with E-state index in [4.69, 9.17) is 16.9 Å². The Balaban J connectivity index is 2.58. The van der Waals surface area contributed by atoms with E-state index in [0.29, 0.717) is 4.88 Å². The van der Waals surface area contributed by atoms with Crippen LogP contribution in [0.2, 0.25) is 0 Å². The molecule has 0 atom stereocenters. The smallest absolute Gasteiger partial charge is 0.134 e. The first kappa shape index (κ1) is 12.7. The van der Waals surface area contributed by atoms with Crippen molar-refractivity contribution in [2.75, 3.05) is 0 Å². The van der Waals surface area contributed by atoms with Gasteiger partial charge in [-0.25, -0.2) is 8.78 Å². The van der Waals surface area contributed by atoms with Crippen molar-refractivity contribution in [1.82, 2.24) is 0 Å². The number of nitriles is 1. The van der Waals surface area contributed by atoms with Crippen LogP contribution in [-0.4, -0.2) is 0 Å². The number of thiophene rings is 1. The Morgan fingerprint density at radius 2 is 2.06 bits per heavy atom. The molecule has 1 aromatic carbocycles. The van der Waals surface area contributed by atoms with E-state index < -0.39 is 11.6 Å². The van der Waals surface area contributed by atoms with Gasteiger partial charge in [0.25, 0.3) is 0 Å². The molecule has 2 aromatic rings. The molecule has 0 N–H and O–H groups in total. The molecule has 90 valence electrons.